The summed E-state index contributed by atoms with van der Waals surface area (Å²) in [6.45, 7) is 5.02. The highest BCUT2D eigenvalue weighted by Gasteiger charge is 2.15. The van der Waals surface area contributed by atoms with Crippen LogP contribution in [0.15, 0.2) is 18.2 Å². The smallest absolute Gasteiger partial charge is 0.253 e. The molecule has 2 amide bonds. The number of halogens is 2. The Morgan fingerprint density at radius 3 is 2.48 bits per heavy atom. The maximum absolute atomic E-state index is 14.0. The molecule has 130 valence electrons. The Labute approximate surface area is 143 Å². The predicted octanol–water partition coefficient (Wildman–Crippen LogP) is 2.52. The summed E-state index contributed by atoms with van der Waals surface area (Å²) in [5.41, 5.74) is 0.359. The third-order valence-corrected chi connectivity index (χ3v) is 3.13. The molecule has 0 aliphatic heterocycles. The second-order valence-corrected chi connectivity index (χ2v) is 5.67. The molecule has 0 aromatic heterocycles. The molecule has 0 heterocycles. The van der Waals surface area contributed by atoms with E-state index in [9.17, 15) is 14.0 Å². The van der Waals surface area contributed by atoms with Crippen LogP contribution in [0.25, 0.3) is 0 Å². The zero-order valence-electron chi connectivity index (χ0n) is 14.0. The fourth-order valence-corrected chi connectivity index (χ4v) is 1.92. The highest BCUT2D eigenvalue weighted by atomic mass is 35.5. The first-order chi connectivity index (χ1) is 10.3. The topological polar surface area (TPSA) is 61.4 Å². The van der Waals surface area contributed by atoms with E-state index in [4.69, 9.17) is 0 Å². The van der Waals surface area contributed by atoms with Crippen LogP contribution in [0.3, 0.4) is 0 Å². The zero-order chi connectivity index (χ0) is 16.7. The van der Waals surface area contributed by atoms with Crippen molar-refractivity contribution in [3.05, 3.63) is 29.6 Å². The molecule has 0 atom stereocenters. The number of nitrogens with zero attached hydrogens (tertiary/aromatic N) is 1. The molecule has 0 fully saturated rings. The van der Waals surface area contributed by atoms with Crippen LogP contribution in [0.5, 0.6) is 0 Å². The average molecular weight is 346 g/mol. The molecule has 0 radical (unpaired) electrons. The van der Waals surface area contributed by atoms with Crippen molar-refractivity contribution in [2.45, 2.75) is 20.3 Å². The molecule has 0 aliphatic rings. The van der Waals surface area contributed by atoms with Gasteiger partial charge < -0.3 is 15.5 Å². The lowest BCUT2D eigenvalue weighted by molar-refractivity contribution is -0.116. The molecular weight excluding hydrogens is 321 g/mol. The van der Waals surface area contributed by atoms with Gasteiger partial charge in [0.2, 0.25) is 5.91 Å². The van der Waals surface area contributed by atoms with Crippen LogP contribution in [0.1, 0.15) is 30.6 Å². The number of anilines is 1. The van der Waals surface area contributed by atoms with Crippen molar-refractivity contribution in [1.82, 2.24) is 10.2 Å². The van der Waals surface area contributed by atoms with Gasteiger partial charge in [0.15, 0.2) is 0 Å². The van der Waals surface area contributed by atoms with E-state index in [1.165, 1.54) is 17.0 Å². The van der Waals surface area contributed by atoms with Gasteiger partial charge in [0.05, 0.1) is 5.69 Å². The van der Waals surface area contributed by atoms with Crippen LogP contribution in [-0.2, 0) is 4.79 Å². The lowest BCUT2D eigenvalue weighted by Gasteiger charge is -2.17. The second kappa shape index (κ2) is 10.2. The first-order valence-electron chi connectivity index (χ1n) is 7.34. The minimum Gasteiger partial charge on any atom is -0.340 e. The summed E-state index contributed by atoms with van der Waals surface area (Å²) in [7, 11) is 3.46. The van der Waals surface area contributed by atoms with E-state index in [0.717, 1.165) is 6.07 Å². The van der Waals surface area contributed by atoms with Gasteiger partial charge in [0.25, 0.3) is 5.91 Å². The first kappa shape index (κ1) is 21.3. The summed E-state index contributed by atoms with van der Waals surface area (Å²) in [6, 6.07) is 4.10. The molecule has 0 aliphatic carbocycles. The van der Waals surface area contributed by atoms with Crippen molar-refractivity contribution < 1.29 is 14.0 Å². The molecule has 5 nitrogen and oxygen atoms in total. The summed E-state index contributed by atoms with van der Waals surface area (Å²) < 4.78 is 14.0. The number of hydrogen-bond donors (Lipinski definition) is 2. The Morgan fingerprint density at radius 1 is 1.30 bits per heavy atom. The summed E-state index contributed by atoms with van der Waals surface area (Å²) in [4.78, 5) is 25.3. The number of carbonyl (C=O) groups excluding carboxylic acids is 2. The van der Waals surface area contributed by atoms with Crippen LogP contribution < -0.4 is 10.6 Å². The molecule has 0 unspecified atom stereocenters. The molecule has 23 heavy (non-hydrogen) atoms. The molecule has 1 rings (SSSR count). The van der Waals surface area contributed by atoms with Crippen molar-refractivity contribution in [3.8, 4) is 0 Å². The number of carbonyl (C=O) groups is 2. The highest BCUT2D eigenvalue weighted by Crippen LogP contribution is 2.17. The summed E-state index contributed by atoms with van der Waals surface area (Å²) >= 11 is 0. The summed E-state index contributed by atoms with van der Waals surface area (Å²) in [5.74, 6) is -0.900. The normalized spacial score (nSPS) is 10.2. The predicted molar refractivity (Wildman–Crippen MR) is 92.6 cm³/mol. The lowest BCUT2D eigenvalue weighted by atomic mass is 10.1. The van der Waals surface area contributed by atoms with Crippen LogP contribution in [0.2, 0.25) is 0 Å². The minimum absolute atomic E-state index is 0. The van der Waals surface area contributed by atoms with E-state index >= 15 is 0 Å². The number of likely N-dealkylation sites (N-methyl/N-ethyl adjacent to an activating group) is 2. The third kappa shape index (κ3) is 6.97. The lowest BCUT2D eigenvalue weighted by Crippen LogP contribution is -2.32. The zero-order valence-corrected chi connectivity index (χ0v) is 14.8. The van der Waals surface area contributed by atoms with Crippen LogP contribution >= 0.6 is 12.4 Å². The molecule has 0 spiro atoms. The van der Waals surface area contributed by atoms with E-state index < -0.39 is 5.82 Å². The van der Waals surface area contributed by atoms with Crippen molar-refractivity contribution >= 4 is 29.9 Å². The van der Waals surface area contributed by atoms with Gasteiger partial charge in [-0.3, -0.25) is 9.59 Å². The molecule has 7 heteroatoms. The Hall–Kier alpha value is -1.66. The van der Waals surface area contributed by atoms with Gasteiger partial charge in [-0.25, -0.2) is 4.39 Å². The molecule has 1 aromatic rings. The summed E-state index contributed by atoms with van der Waals surface area (Å²) in [6.07, 6.45) is 0.326. The van der Waals surface area contributed by atoms with Crippen LogP contribution in [0.4, 0.5) is 10.1 Å². The van der Waals surface area contributed by atoms with Gasteiger partial charge >= 0.3 is 0 Å². The average Bonchev–Trinajstić information content (AvgIpc) is 2.45. The first-order valence-corrected chi connectivity index (χ1v) is 7.34. The number of amides is 2. The van der Waals surface area contributed by atoms with E-state index in [0.29, 0.717) is 19.5 Å². The monoisotopic (exact) mass is 345 g/mol. The van der Waals surface area contributed by atoms with Gasteiger partial charge in [-0.15, -0.1) is 12.4 Å². The highest BCUT2D eigenvalue weighted by molar-refractivity contribution is 5.95. The second-order valence-electron chi connectivity index (χ2n) is 5.67. The van der Waals surface area contributed by atoms with Gasteiger partial charge in [0.1, 0.15) is 5.82 Å². The van der Waals surface area contributed by atoms with Gasteiger partial charge in [-0.05, 0) is 31.2 Å². The molecule has 0 saturated heterocycles. The van der Waals surface area contributed by atoms with Gasteiger partial charge in [-0.2, -0.15) is 0 Å². The molecule has 0 saturated carbocycles. The number of benzene rings is 1. The molecule has 1 aromatic carbocycles. The Morgan fingerprint density at radius 2 is 1.96 bits per heavy atom. The quantitative estimate of drug-likeness (QED) is 0.798. The number of rotatable bonds is 7. The van der Waals surface area contributed by atoms with Gasteiger partial charge in [-0.1, -0.05) is 13.8 Å². The Balaban J connectivity index is 0.00000484. The molecule has 2 N–H and O–H groups in total. The third-order valence-electron chi connectivity index (χ3n) is 3.13. The number of nitrogens with one attached hydrogen (secondary N) is 2. The Kier molecular flexibility index (Phi) is 9.44. The van der Waals surface area contributed by atoms with E-state index in [-0.39, 0.29) is 41.4 Å². The maximum atomic E-state index is 14.0. The fourth-order valence-electron chi connectivity index (χ4n) is 1.92. The molecular formula is C16H25ClFN3O2. The standard InChI is InChI=1S/C16H24FN3O2.ClH/c1-11(2)9-15(21)19-14-6-5-12(10-13(14)17)16(22)20(4)8-7-18-3;/h5-6,10-11,18H,7-9H2,1-4H3,(H,19,21);1H. The van der Waals surface area contributed by atoms with Crippen molar-refractivity contribution in [3.63, 3.8) is 0 Å². The van der Waals surface area contributed by atoms with Crippen LogP contribution in [-0.4, -0.2) is 43.9 Å². The van der Waals surface area contributed by atoms with E-state index in [1.54, 1.807) is 14.1 Å². The minimum atomic E-state index is -0.607. The van der Waals surface area contributed by atoms with Crippen LogP contribution in [0, 0.1) is 11.7 Å². The fraction of sp³-hybridized carbons (Fsp3) is 0.500. The van der Waals surface area contributed by atoms with Crippen molar-refractivity contribution in [1.29, 1.82) is 0 Å². The largest absolute Gasteiger partial charge is 0.340 e. The van der Waals surface area contributed by atoms with Crippen molar-refractivity contribution in [2.75, 3.05) is 32.5 Å². The maximum Gasteiger partial charge on any atom is 0.253 e. The van der Waals surface area contributed by atoms with Gasteiger partial charge in [0, 0.05) is 32.1 Å². The number of hydrogen-bond acceptors (Lipinski definition) is 3. The summed E-state index contributed by atoms with van der Waals surface area (Å²) in [5, 5.41) is 5.47. The molecule has 0 bridgehead atoms. The van der Waals surface area contributed by atoms with Crippen molar-refractivity contribution in [2.24, 2.45) is 5.92 Å². The van der Waals surface area contributed by atoms with E-state index in [2.05, 4.69) is 10.6 Å². The SMILES string of the molecule is CNCCN(C)C(=O)c1ccc(NC(=O)CC(C)C)c(F)c1.Cl. The van der Waals surface area contributed by atoms with E-state index in [1.807, 2.05) is 13.8 Å². The Bertz CT molecular complexity index is 538.